The van der Waals surface area contributed by atoms with Gasteiger partial charge >= 0.3 is 5.97 Å². The Kier molecular flexibility index (Phi) is 8.46. The number of hydrogen-bond acceptors (Lipinski definition) is 5. The lowest BCUT2D eigenvalue weighted by Crippen LogP contribution is -2.31. The first-order chi connectivity index (χ1) is 18.9. The van der Waals surface area contributed by atoms with E-state index in [2.05, 4.69) is 30.3 Å². The van der Waals surface area contributed by atoms with Gasteiger partial charge in [-0.3, -0.25) is 9.59 Å². The monoisotopic (exact) mass is 572 g/mol. The van der Waals surface area contributed by atoms with E-state index in [4.69, 9.17) is 16.3 Å². The number of halogens is 1. The van der Waals surface area contributed by atoms with Crippen LogP contribution in [0.4, 0.5) is 0 Å². The molecule has 0 unspecified atom stereocenters. The number of fused-ring (bicyclic) bond motifs is 1. The number of thiophene rings is 1. The van der Waals surface area contributed by atoms with Crippen molar-refractivity contribution in [2.45, 2.75) is 30.2 Å². The molecule has 7 heteroatoms. The van der Waals surface area contributed by atoms with Gasteiger partial charge in [-0.15, -0.1) is 23.1 Å². The summed E-state index contributed by atoms with van der Waals surface area (Å²) in [6.07, 6.45) is 3.96. The number of hydrogen-bond donors (Lipinski definition) is 0. The summed E-state index contributed by atoms with van der Waals surface area (Å²) in [5, 5.41) is 2.95. The van der Waals surface area contributed by atoms with Gasteiger partial charge < -0.3 is 4.74 Å². The van der Waals surface area contributed by atoms with Crippen LogP contribution in [0, 0.1) is 6.92 Å². The van der Waals surface area contributed by atoms with E-state index in [1.54, 1.807) is 43.0 Å². The molecule has 2 heterocycles. The molecule has 0 saturated heterocycles. The van der Waals surface area contributed by atoms with Crippen molar-refractivity contribution in [3.63, 3.8) is 0 Å². The Morgan fingerprint density at radius 2 is 1.67 bits per heavy atom. The average Bonchev–Trinajstić information content (AvgIpc) is 3.30. The van der Waals surface area contributed by atoms with E-state index in [-0.39, 0.29) is 24.8 Å². The molecule has 0 N–H and O–H groups in total. The van der Waals surface area contributed by atoms with Gasteiger partial charge in [0.2, 0.25) is 11.5 Å². The molecule has 2 aromatic heterocycles. The van der Waals surface area contributed by atoms with E-state index >= 15 is 0 Å². The van der Waals surface area contributed by atoms with Crippen molar-refractivity contribution in [2.24, 2.45) is 0 Å². The number of carbonyl (C=O) groups excluding carboxylic acids is 2. The van der Waals surface area contributed by atoms with E-state index in [0.717, 1.165) is 21.2 Å². The van der Waals surface area contributed by atoms with Gasteiger partial charge in [0.05, 0.1) is 23.5 Å². The lowest BCUT2D eigenvalue weighted by molar-refractivity contribution is -0.598. The summed E-state index contributed by atoms with van der Waals surface area (Å²) < 4.78 is 8.28. The molecule has 0 fully saturated rings. The quantitative estimate of drug-likeness (QED) is 0.0783. The van der Waals surface area contributed by atoms with Crippen molar-refractivity contribution in [2.75, 3.05) is 6.61 Å². The standard InChI is InChI=1S/C32H27ClNO3S2/c1-3-37-28(35)19-27-29(34-16-14-21(2)15-17-34)32(39-31(27)30(36)24-10-12-26(33)13-11-24)38-20-22-8-9-23-6-4-5-7-25(23)18-22/h4-18H,3,19-20H2,1-2H3/q+1. The number of ether oxygens (including phenoxy) is 1. The fourth-order valence-electron chi connectivity index (χ4n) is 4.36. The zero-order valence-electron chi connectivity index (χ0n) is 21.6. The molecule has 196 valence electrons. The molecule has 0 aliphatic heterocycles. The van der Waals surface area contributed by atoms with Gasteiger partial charge in [0.15, 0.2) is 12.4 Å². The number of nitrogens with zero attached hydrogens (tertiary/aromatic N) is 1. The maximum Gasteiger partial charge on any atom is 0.310 e. The fourth-order valence-corrected chi connectivity index (χ4v) is 7.00. The van der Waals surface area contributed by atoms with Crippen LogP contribution in [0.25, 0.3) is 16.5 Å². The average molecular weight is 573 g/mol. The second kappa shape index (κ2) is 12.2. The second-order valence-corrected chi connectivity index (χ2v) is 11.8. The van der Waals surface area contributed by atoms with Crippen molar-refractivity contribution in [3.05, 3.63) is 123 Å². The summed E-state index contributed by atoms with van der Waals surface area (Å²) in [6, 6.07) is 25.7. The van der Waals surface area contributed by atoms with E-state index in [1.807, 2.05) is 48.1 Å². The van der Waals surface area contributed by atoms with E-state index in [9.17, 15) is 9.59 Å². The number of aromatic nitrogens is 1. The molecule has 0 saturated carbocycles. The minimum atomic E-state index is -0.361. The molecule has 0 atom stereocenters. The van der Waals surface area contributed by atoms with Crippen molar-refractivity contribution < 1.29 is 18.9 Å². The highest BCUT2D eigenvalue weighted by molar-refractivity contribution is 8.00. The minimum Gasteiger partial charge on any atom is -0.466 e. The summed E-state index contributed by atoms with van der Waals surface area (Å²) in [7, 11) is 0. The summed E-state index contributed by atoms with van der Waals surface area (Å²) in [5.41, 5.74) is 4.35. The van der Waals surface area contributed by atoms with Gasteiger partial charge in [0.25, 0.3) is 0 Å². The number of benzene rings is 3. The predicted molar refractivity (Wildman–Crippen MR) is 159 cm³/mol. The van der Waals surface area contributed by atoms with Crippen LogP contribution in [0.3, 0.4) is 0 Å². The molecule has 3 aromatic carbocycles. The third-order valence-electron chi connectivity index (χ3n) is 6.33. The van der Waals surface area contributed by atoms with E-state index in [0.29, 0.717) is 21.0 Å². The Hall–Kier alpha value is -3.45. The second-order valence-electron chi connectivity index (χ2n) is 9.12. The predicted octanol–water partition coefficient (Wildman–Crippen LogP) is 7.77. The lowest BCUT2D eigenvalue weighted by atomic mass is 10.0. The minimum absolute atomic E-state index is 0.00570. The Bertz CT molecular complexity index is 1640. The van der Waals surface area contributed by atoms with Gasteiger partial charge in [-0.25, -0.2) is 0 Å². The molecule has 0 bridgehead atoms. The summed E-state index contributed by atoms with van der Waals surface area (Å²) in [6.45, 7) is 4.09. The van der Waals surface area contributed by atoms with Crippen LogP contribution in [-0.4, -0.2) is 18.4 Å². The Balaban J connectivity index is 1.60. The highest BCUT2D eigenvalue weighted by atomic mass is 35.5. The normalized spacial score (nSPS) is 11.1. The SMILES string of the molecule is CCOC(=O)Cc1c(C(=O)c2ccc(Cl)cc2)sc(SCc2ccc3ccccc3c2)c1-[n+]1ccc(C)cc1. The first-order valence-electron chi connectivity index (χ1n) is 12.6. The van der Waals surface area contributed by atoms with Crippen molar-refractivity contribution in [3.8, 4) is 5.69 Å². The lowest BCUT2D eigenvalue weighted by Gasteiger charge is -2.06. The number of aryl methyl sites for hydroxylation is 1. The molecule has 4 nitrogen and oxygen atoms in total. The van der Waals surface area contributed by atoms with Gasteiger partial charge in [-0.2, -0.15) is 4.57 Å². The third-order valence-corrected chi connectivity index (χ3v) is 9.13. The van der Waals surface area contributed by atoms with Crippen molar-refractivity contribution >= 4 is 57.2 Å². The maximum atomic E-state index is 13.8. The number of pyridine rings is 1. The van der Waals surface area contributed by atoms with Crippen molar-refractivity contribution in [1.82, 2.24) is 0 Å². The van der Waals surface area contributed by atoms with Crippen LogP contribution < -0.4 is 4.57 Å². The molecular formula is C32H27ClNO3S2+. The Morgan fingerprint density at radius 1 is 0.949 bits per heavy atom. The summed E-state index contributed by atoms with van der Waals surface area (Å²) >= 11 is 9.18. The van der Waals surface area contributed by atoms with Crippen LogP contribution in [0.2, 0.25) is 5.02 Å². The molecular weight excluding hydrogens is 546 g/mol. The number of thioether (sulfide) groups is 1. The number of rotatable bonds is 9. The topological polar surface area (TPSA) is 47.3 Å². The van der Waals surface area contributed by atoms with Gasteiger partial charge in [0, 0.05) is 28.5 Å². The number of carbonyl (C=O) groups is 2. The molecule has 0 radical (unpaired) electrons. The van der Waals surface area contributed by atoms with Crippen LogP contribution in [-0.2, 0) is 21.7 Å². The zero-order valence-corrected chi connectivity index (χ0v) is 24.0. The largest absolute Gasteiger partial charge is 0.466 e. The van der Waals surface area contributed by atoms with E-state index < -0.39 is 0 Å². The zero-order chi connectivity index (χ0) is 27.4. The fraction of sp³-hybridized carbons (Fsp3) is 0.156. The summed E-state index contributed by atoms with van der Waals surface area (Å²) in [4.78, 5) is 27.1. The highest BCUT2D eigenvalue weighted by Gasteiger charge is 2.31. The highest BCUT2D eigenvalue weighted by Crippen LogP contribution is 2.40. The molecule has 5 aromatic rings. The molecule has 0 aliphatic rings. The molecule has 0 aliphatic carbocycles. The molecule has 0 spiro atoms. The van der Waals surface area contributed by atoms with Crippen LogP contribution in [0.15, 0.2) is 95.5 Å². The Labute approximate surface area is 241 Å². The number of ketones is 1. The van der Waals surface area contributed by atoms with E-state index in [1.165, 1.54) is 27.7 Å². The first-order valence-corrected chi connectivity index (χ1v) is 14.8. The molecule has 39 heavy (non-hydrogen) atoms. The Morgan fingerprint density at radius 3 is 2.38 bits per heavy atom. The summed E-state index contributed by atoms with van der Waals surface area (Å²) in [5.74, 6) is 0.223. The number of esters is 1. The van der Waals surface area contributed by atoms with Gasteiger partial charge in [-0.05, 0) is 60.0 Å². The van der Waals surface area contributed by atoms with Gasteiger partial charge in [-0.1, -0.05) is 54.1 Å². The third kappa shape index (κ3) is 6.25. The maximum absolute atomic E-state index is 13.8. The van der Waals surface area contributed by atoms with Crippen molar-refractivity contribution in [1.29, 1.82) is 0 Å². The molecule has 0 amide bonds. The molecule has 5 rings (SSSR count). The van der Waals surface area contributed by atoms with Crippen LogP contribution >= 0.6 is 34.7 Å². The van der Waals surface area contributed by atoms with Crippen LogP contribution in [0.5, 0.6) is 0 Å². The first kappa shape index (κ1) is 27.1. The van der Waals surface area contributed by atoms with Crippen LogP contribution in [0.1, 0.15) is 38.8 Å². The smallest absolute Gasteiger partial charge is 0.310 e. The van der Waals surface area contributed by atoms with Gasteiger partial charge in [0.1, 0.15) is 4.21 Å².